The van der Waals surface area contributed by atoms with Crippen molar-refractivity contribution in [3.05, 3.63) is 115 Å². The molecule has 4 aromatic carbocycles. The van der Waals surface area contributed by atoms with Crippen molar-refractivity contribution in [3.8, 4) is 0 Å². The summed E-state index contributed by atoms with van der Waals surface area (Å²) >= 11 is 0. The van der Waals surface area contributed by atoms with Gasteiger partial charge in [-0.3, -0.25) is 13.8 Å². The Morgan fingerprint density at radius 2 is 1.29 bits per heavy atom. The van der Waals surface area contributed by atoms with Gasteiger partial charge in [0.1, 0.15) is 12.4 Å². The molecule has 4 aromatic rings. The molecule has 8 nitrogen and oxygen atoms in total. The third kappa shape index (κ3) is 6.36. The zero-order valence-corrected chi connectivity index (χ0v) is 21.8. The lowest BCUT2D eigenvalue weighted by Crippen LogP contribution is -2.38. The van der Waals surface area contributed by atoms with Crippen molar-refractivity contribution < 1.29 is 26.0 Å². The third-order valence-corrected chi connectivity index (χ3v) is 8.67. The number of para-hydroxylation sites is 1. The van der Waals surface area contributed by atoms with Gasteiger partial charge in [0.2, 0.25) is 5.91 Å². The third-order valence-electron chi connectivity index (χ3n) is 5.49. The Labute approximate surface area is 220 Å². The standard InChI is InChI=1S/C27H24FN3O5S2/c1-20-7-15-26(16-8-20)38(35,36)31(24-5-3-2-4-6-24)19-27(32)29-22-13-17-25(18-14-22)37(33,34)30-23-11-9-21(28)10-12-23/h2-18,30H,19H2,1H3,(H,29,32). The summed E-state index contributed by atoms with van der Waals surface area (Å²) < 4.78 is 68.5. The number of amides is 1. The smallest absolute Gasteiger partial charge is 0.264 e. The summed E-state index contributed by atoms with van der Waals surface area (Å²) in [6.07, 6.45) is 0. The number of anilines is 3. The van der Waals surface area contributed by atoms with Gasteiger partial charge in [0, 0.05) is 11.4 Å². The Balaban J connectivity index is 1.50. The molecule has 0 aliphatic heterocycles. The van der Waals surface area contributed by atoms with Crippen LogP contribution in [-0.4, -0.2) is 29.3 Å². The van der Waals surface area contributed by atoms with E-state index >= 15 is 0 Å². The molecule has 4 rings (SSSR count). The fraction of sp³-hybridized carbons (Fsp3) is 0.0741. The van der Waals surface area contributed by atoms with Gasteiger partial charge in [-0.1, -0.05) is 35.9 Å². The Bertz CT molecular complexity index is 1630. The number of nitrogens with one attached hydrogen (secondary N) is 2. The van der Waals surface area contributed by atoms with E-state index in [0.717, 1.165) is 22.0 Å². The molecule has 0 fully saturated rings. The second kappa shape index (κ2) is 11.0. The summed E-state index contributed by atoms with van der Waals surface area (Å²) in [6, 6.07) is 24.8. The number of nitrogens with zero attached hydrogens (tertiary/aromatic N) is 1. The first kappa shape index (κ1) is 26.8. The molecule has 0 radical (unpaired) electrons. The van der Waals surface area contributed by atoms with Gasteiger partial charge in [0.05, 0.1) is 15.5 Å². The maximum absolute atomic E-state index is 13.4. The lowest BCUT2D eigenvalue weighted by Gasteiger charge is -2.24. The predicted octanol–water partition coefficient (Wildman–Crippen LogP) is 4.77. The summed E-state index contributed by atoms with van der Waals surface area (Å²) in [5.41, 5.74) is 1.68. The van der Waals surface area contributed by atoms with E-state index in [-0.39, 0.29) is 21.2 Å². The number of carbonyl (C=O) groups excluding carboxylic acids is 1. The van der Waals surface area contributed by atoms with Gasteiger partial charge in [-0.2, -0.15) is 0 Å². The van der Waals surface area contributed by atoms with Crippen LogP contribution in [0.3, 0.4) is 0 Å². The van der Waals surface area contributed by atoms with Crippen molar-refractivity contribution in [1.29, 1.82) is 0 Å². The van der Waals surface area contributed by atoms with Crippen LogP contribution in [0.4, 0.5) is 21.5 Å². The summed E-state index contributed by atoms with van der Waals surface area (Å²) in [6.45, 7) is 1.33. The topological polar surface area (TPSA) is 113 Å². The molecule has 11 heteroatoms. The van der Waals surface area contributed by atoms with Crippen LogP contribution in [0.2, 0.25) is 0 Å². The SMILES string of the molecule is Cc1ccc(S(=O)(=O)N(CC(=O)Nc2ccc(S(=O)(=O)Nc3ccc(F)cc3)cc2)c2ccccc2)cc1. The Morgan fingerprint density at radius 3 is 1.89 bits per heavy atom. The first-order valence-electron chi connectivity index (χ1n) is 11.4. The molecule has 0 saturated carbocycles. The van der Waals surface area contributed by atoms with Crippen LogP contribution in [0, 0.1) is 12.7 Å². The van der Waals surface area contributed by atoms with Crippen molar-refractivity contribution in [2.24, 2.45) is 0 Å². The molecule has 0 heterocycles. The van der Waals surface area contributed by atoms with Crippen LogP contribution >= 0.6 is 0 Å². The number of carbonyl (C=O) groups is 1. The summed E-state index contributed by atoms with van der Waals surface area (Å²) in [5.74, 6) is -1.12. The second-order valence-corrected chi connectivity index (χ2v) is 11.9. The summed E-state index contributed by atoms with van der Waals surface area (Å²) in [7, 11) is -8.01. The highest BCUT2D eigenvalue weighted by Gasteiger charge is 2.27. The van der Waals surface area contributed by atoms with Gasteiger partial charge in [-0.25, -0.2) is 21.2 Å². The Kier molecular flexibility index (Phi) is 7.79. The second-order valence-electron chi connectivity index (χ2n) is 8.35. The van der Waals surface area contributed by atoms with Crippen LogP contribution in [0.15, 0.2) is 113 Å². The molecular formula is C27H24FN3O5S2. The monoisotopic (exact) mass is 553 g/mol. The van der Waals surface area contributed by atoms with Gasteiger partial charge in [-0.05, 0) is 79.7 Å². The molecule has 0 unspecified atom stereocenters. The maximum atomic E-state index is 13.4. The number of rotatable bonds is 9. The van der Waals surface area contributed by atoms with Gasteiger partial charge in [-0.15, -0.1) is 0 Å². The first-order chi connectivity index (χ1) is 18.0. The van der Waals surface area contributed by atoms with Crippen molar-refractivity contribution in [2.45, 2.75) is 16.7 Å². The van der Waals surface area contributed by atoms with Crippen molar-refractivity contribution in [1.82, 2.24) is 0 Å². The normalized spacial score (nSPS) is 11.5. The van der Waals surface area contributed by atoms with E-state index in [4.69, 9.17) is 0 Å². The van der Waals surface area contributed by atoms with Gasteiger partial charge in [0.25, 0.3) is 20.0 Å². The maximum Gasteiger partial charge on any atom is 0.264 e. The van der Waals surface area contributed by atoms with Crippen LogP contribution < -0.4 is 14.3 Å². The molecule has 38 heavy (non-hydrogen) atoms. The highest BCUT2D eigenvalue weighted by atomic mass is 32.2. The molecule has 196 valence electrons. The zero-order chi connectivity index (χ0) is 27.3. The first-order valence-corrected chi connectivity index (χ1v) is 14.3. The molecule has 2 N–H and O–H groups in total. The van der Waals surface area contributed by atoms with E-state index in [9.17, 15) is 26.0 Å². The van der Waals surface area contributed by atoms with Gasteiger partial charge < -0.3 is 5.32 Å². The average Bonchev–Trinajstić information content (AvgIpc) is 2.89. The molecule has 0 aliphatic rings. The molecule has 0 aliphatic carbocycles. The van der Waals surface area contributed by atoms with Crippen molar-refractivity contribution in [3.63, 3.8) is 0 Å². The molecule has 0 spiro atoms. The van der Waals surface area contributed by atoms with Crippen LogP contribution in [-0.2, 0) is 24.8 Å². The average molecular weight is 554 g/mol. The van der Waals surface area contributed by atoms with E-state index in [2.05, 4.69) is 10.0 Å². The Morgan fingerprint density at radius 1 is 0.737 bits per heavy atom. The quantitative estimate of drug-likeness (QED) is 0.310. The van der Waals surface area contributed by atoms with E-state index in [0.29, 0.717) is 5.69 Å². The molecule has 0 aromatic heterocycles. The summed E-state index contributed by atoms with van der Waals surface area (Å²) in [4.78, 5) is 12.9. The van der Waals surface area contributed by atoms with E-state index in [1.54, 1.807) is 42.5 Å². The van der Waals surface area contributed by atoms with Crippen LogP contribution in [0.5, 0.6) is 0 Å². The minimum atomic E-state index is -4.06. The lowest BCUT2D eigenvalue weighted by molar-refractivity contribution is -0.114. The Hall–Kier alpha value is -4.22. The number of hydrogen-bond acceptors (Lipinski definition) is 5. The largest absolute Gasteiger partial charge is 0.325 e. The molecule has 0 atom stereocenters. The van der Waals surface area contributed by atoms with Crippen molar-refractivity contribution >= 4 is 43.0 Å². The predicted molar refractivity (Wildman–Crippen MR) is 144 cm³/mol. The number of aryl methyl sites for hydroxylation is 1. The highest BCUT2D eigenvalue weighted by Crippen LogP contribution is 2.24. The van der Waals surface area contributed by atoms with Crippen LogP contribution in [0.1, 0.15) is 5.56 Å². The van der Waals surface area contributed by atoms with Gasteiger partial charge >= 0.3 is 0 Å². The van der Waals surface area contributed by atoms with E-state index < -0.39 is 38.3 Å². The minimum absolute atomic E-state index is 0.0444. The molecule has 0 bridgehead atoms. The fourth-order valence-electron chi connectivity index (χ4n) is 3.53. The molecular weight excluding hydrogens is 529 g/mol. The minimum Gasteiger partial charge on any atom is -0.325 e. The van der Waals surface area contributed by atoms with Gasteiger partial charge in [0.15, 0.2) is 0 Å². The van der Waals surface area contributed by atoms with E-state index in [1.165, 1.54) is 48.5 Å². The summed E-state index contributed by atoms with van der Waals surface area (Å²) in [5, 5.41) is 2.61. The number of benzene rings is 4. The lowest BCUT2D eigenvalue weighted by atomic mass is 10.2. The van der Waals surface area contributed by atoms with Crippen LogP contribution in [0.25, 0.3) is 0 Å². The number of hydrogen-bond donors (Lipinski definition) is 2. The molecule has 0 saturated heterocycles. The van der Waals surface area contributed by atoms with E-state index in [1.807, 2.05) is 6.92 Å². The zero-order valence-electron chi connectivity index (χ0n) is 20.2. The number of sulfonamides is 2. The van der Waals surface area contributed by atoms with Crippen molar-refractivity contribution in [2.75, 3.05) is 20.9 Å². The highest BCUT2D eigenvalue weighted by molar-refractivity contribution is 7.93. The molecule has 1 amide bonds. The fourth-order valence-corrected chi connectivity index (χ4v) is 6.01. The number of halogens is 1.